The number of halogens is 1. The molecule has 104 valence electrons. The van der Waals surface area contributed by atoms with Crippen molar-refractivity contribution in [3.63, 3.8) is 0 Å². The minimum absolute atomic E-state index is 0.103. The van der Waals surface area contributed by atoms with E-state index in [1.807, 2.05) is 32.0 Å². The van der Waals surface area contributed by atoms with Crippen molar-refractivity contribution in [3.8, 4) is 0 Å². The van der Waals surface area contributed by atoms with Crippen LogP contribution in [0.15, 0.2) is 36.4 Å². The Morgan fingerprint density at radius 3 is 2.25 bits per heavy atom. The summed E-state index contributed by atoms with van der Waals surface area (Å²) < 4.78 is 14.0. The smallest absolute Gasteiger partial charge is 0.260 e. The van der Waals surface area contributed by atoms with Crippen LogP contribution in [0.1, 0.15) is 27.0 Å². The van der Waals surface area contributed by atoms with E-state index in [1.54, 1.807) is 26.1 Å². The number of hydrogen-bond donors (Lipinski definition) is 0. The highest BCUT2D eigenvalue weighted by molar-refractivity contribution is 6.06. The molecule has 0 aromatic heterocycles. The molecule has 2 aromatic rings. The fraction of sp³-hybridized carbons (Fsp3) is 0.235. The lowest BCUT2D eigenvalue weighted by molar-refractivity contribution is 0.0989. The zero-order chi connectivity index (χ0) is 14.9. The summed E-state index contributed by atoms with van der Waals surface area (Å²) in [5.41, 5.74) is 3.50. The second-order valence-electron chi connectivity index (χ2n) is 5.15. The van der Waals surface area contributed by atoms with Gasteiger partial charge in [0, 0.05) is 12.7 Å². The van der Waals surface area contributed by atoms with Crippen LogP contribution in [-0.4, -0.2) is 13.0 Å². The number of hydrogen-bond acceptors (Lipinski definition) is 1. The first-order valence-electron chi connectivity index (χ1n) is 6.51. The first-order valence-corrected chi connectivity index (χ1v) is 6.51. The maximum atomic E-state index is 14.0. The summed E-state index contributed by atoms with van der Waals surface area (Å²) in [5.74, 6) is -0.787. The van der Waals surface area contributed by atoms with Gasteiger partial charge in [-0.2, -0.15) is 0 Å². The van der Waals surface area contributed by atoms with E-state index in [0.29, 0.717) is 5.56 Å². The second kappa shape index (κ2) is 5.45. The van der Waals surface area contributed by atoms with Gasteiger partial charge in [0.15, 0.2) is 0 Å². The number of rotatable bonds is 2. The van der Waals surface area contributed by atoms with E-state index in [0.717, 1.165) is 16.8 Å². The van der Waals surface area contributed by atoms with Gasteiger partial charge in [0.25, 0.3) is 5.91 Å². The van der Waals surface area contributed by atoms with Crippen molar-refractivity contribution in [1.82, 2.24) is 0 Å². The van der Waals surface area contributed by atoms with E-state index < -0.39 is 5.82 Å². The van der Waals surface area contributed by atoms with Gasteiger partial charge in [0.2, 0.25) is 0 Å². The molecular formula is C17H18FNO. The van der Waals surface area contributed by atoms with Gasteiger partial charge >= 0.3 is 0 Å². The highest BCUT2D eigenvalue weighted by atomic mass is 19.1. The van der Waals surface area contributed by atoms with E-state index in [-0.39, 0.29) is 11.5 Å². The topological polar surface area (TPSA) is 20.3 Å². The fourth-order valence-electron chi connectivity index (χ4n) is 2.25. The molecule has 1 amide bonds. The molecule has 0 saturated heterocycles. The summed E-state index contributed by atoms with van der Waals surface area (Å²) >= 11 is 0. The van der Waals surface area contributed by atoms with Crippen molar-refractivity contribution in [2.45, 2.75) is 20.8 Å². The summed E-state index contributed by atoms with van der Waals surface area (Å²) in [6.45, 7) is 5.60. The zero-order valence-corrected chi connectivity index (χ0v) is 12.2. The van der Waals surface area contributed by atoms with Gasteiger partial charge < -0.3 is 4.90 Å². The van der Waals surface area contributed by atoms with Crippen molar-refractivity contribution in [3.05, 3.63) is 64.5 Å². The summed E-state index contributed by atoms with van der Waals surface area (Å²) in [4.78, 5) is 13.9. The first kappa shape index (κ1) is 14.3. The van der Waals surface area contributed by atoms with E-state index in [2.05, 4.69) is 0 Å². The average Bonchev–Trinajstić information content (AvgIpc) is 2.39. The summed E-state index contributed by atoms with van der Waals surface area (Å²) in [5, 5.41) is 0. The molecule has 0 heterocycles. The SMILES string of the molecule is Cc1cc(C)cc(N(C)C(=O)c2cccc(C)c2F)c1. The molecule has 0 aliphatic heterocycles. The van der Waals surface area contributed by atoms with Crippen LogP contribution < -0.4 is 4.90 Å². The third-order valence-electron chi connectivity index (χ3n) is 3.32. The normalized spacial score (nSPS) is 10.4. The van der Waals surface area contributed by atoms with Gasteiger partial charge in [0.05, 0.1) is 5.56 Å². The van der Waals surface area contributed by atoms with Crippen LogP contribution in [-0.2, 0) is 0 Å². The monoisotopic (exact) mass is 271 g/mol. The molecule has 0 aliphatic rings. The minimum atomic E-state index is -0.450. The summed E-state index contributed by atoms with van der Waals surface area (Å²) in [7, 11) is 1.66. The predicted molar refractivity (Wildman–Crippen MR) is 79.8 cm³/mol. The van der Waals surface area contributed by atoms with Crippen LogP contribution in [0.5, 0.6) is 0 Å². The van der Waals surface area contributed by atoms with Gasteiger partial charge in [-0.1, -0.05) is 18.2 Å². The maximum absolute atomic E-state index is 14.0. The van der Waals surface area contributed by atoms with E-state index in [1.165, 1.54) is 11.0 Å². The molecular weight excluding hydrogens is 253 g/mol. The Labute approximate surface area is 118 Å². The van der Waals surface area contributed by atoms with Crippen LogP contribution in [0.2, 0.25) is 0 Å². The molecule has 0 saturated carbocycles. The Morgan fingerprint density at radius 1 is 1.05 bits per heavy atom. The molecule has 0 atom stereocenters. The number of nitrogens with zero attached hydrogens (tertiary/aromatic N) is 1. The standard InChI is InChI=1S/C17H18FNO/c1-11-8-12(2)10-14(9-11)19(4)17(20)15-7-5-6-13(3)16(15)18/h5-10H,1-4H3. The van der Waals surface area contributed by atoms with E-state index in [4.69, 9.17) is 0 Å². The highest BCUT2D eigenvalue weighted by Crippen LogP contribution is 2.21. The zero-order valence-electron chi connectivity index (χ0n) is 12.2. The summed E-state index contributed by atoms with van der Waals surface area (Å²) in [6, 6.07) is 10.7. The number of anilines is 1. The van der Waals surface area contributed by atoms with E-state index >= 15 is 0 Å². The second-order valence-corrected chi connectivity index (χ2v) is 5.15. The quantitative estimate of drug-likeness (QED) is 0.807. The van der Waals surface area contributed by atoms with E-state index in [9.17, 15) is 9.18 Å². The van der Waals surface area contributed by atoms with Crippen molar-refractivity contribution in [2.75, 3.05) is 11.9 Å². The Morgan fingerprint density at radius 2 is 1.65 bits per heavy atom. The minimum Gasteiger partial charge on any atom is -0.311 e. The van der Waals surface area contributed by atoms with Gasteiger partial charge in [-0.05, 0) is 55.7 Å². The van der Waals surface area contributed by atoms with Crippen LogP contribution in [0.4, 0.5) is 10.1 Å². The van der Waals surface area contributed by atoms with Crippen LogP contribution in [0.3, 0.4) is 0 Å². The molecule has 2 aromatic carbocycles. The lowest BCUT2D eigenvalue weighted by atomic mass is 10.1. The Bertz CT molecular complexity index is 644. The molecule has 0 fully saturated rings. The molecule has 0 radical (unpaired) electrons. The summed E-state index contributed by atoms with van der Waals surface area (Å²) in [6.07, 6.45) is 0. The maximum Gasteiger partial charge on any atom is 0.260 e. The van der Waals surface area contributed by atoms with Crippen LogP contribution in [0, 0.1) is 26.6 Å². The third-order valence-corrected chi connectivity index (χ3v) is 3.32. The molecule has 0 N–H and O–H groups in total. The Hall–Kier alpha value is -2.16. The lowest BCUT2D eigenvalue weighted by Crippen LogP contribution is -2.27. The predicted octanol–water partition coefficient (Wildman–Crippen LogP) is 4.03. The molecule has 0 bridgehead atoms. The third kappa shape index (κ3) is 2.72. The van der Waals surface area contributed by atoms with Crippen molar-refractivity contribution in [1.29, 1.82) is 0 Å². The van der Waals surface area contributed by atoms with Gasteiger partial charge in [-0.15, -0.1) is 0 Å². The molecule has 2 rings (SSSR count). The average molecular weight is 271 g/mol. The van der Waals surface area contributed by atoms with Gasteiger partial charge in [0.1, 0.15) is 5.82 Å². The molecule has 0 spiro atoms. The highest BCUT2D eigenvalue weighted by Gasteiger charge is 2.18. The molecule has 2 nitrogen and oxygen atoms in total. The van der Waals surface area contributed by atoms with Crippen molar-refractivity contribution >= 4 is 11.6 Å². The Balaban J connectivity index is 2.40. The number of carbonyl (C=O) groups excluding carboxylic acids is 1. The number of benzene rings is 2. The lowest BCUT2D eigenvalue weighted by Gasteiger charge is -2.19. The van der Waals surface area contributed by atoms with Crippen LogP contribution in [0.25, 0.3) is 0 Å². The molecule has 0 unspecified atom stereocenters. The molecule has 20 heavy (non-hydrogen) atoms. The molecule has 0 aliphatic carbocycles. The van der Waals surface area contributed by atoms with Crippen LogP contribution >= 0.6 is 0 Å². The van der Waals surface area contributed by atoms with Gasteiger partial charge in [-0.3, -0.25) is 4.79 Å². The van der Waals surface area contributed by atoms with Crippen molar-refractivity contribution < 1.29 is 9.18 Å². The Kier molecular flexibility index (Phi) is 3.89. The first-order chi connectivity index (χ1) is 9.40. The number of amides is 1. The fourth-order valence-corrected chi connectivity index (χ4v) is 2.25. The molecule has 3 heteroatoms. The largest absolute Gasteiger partial charge is 0.311 e. The van der Waals surface area contributed by atoms with Crippen molar-refractivity contribution in [2.24, 2.45) is 0 Å². The van der Waals surface area contributed by atoms with Gasteiger partial charge in [-0.25, -0.2) is 4.39 Å². The number of carbonyl (C=O) groups is 1. The number of aryl methyl sites for hydroxylation is 3.